The van der Waals surface area contributed by atoms with Gasteiger partial charge < -0.3 is 15.0 Å². The normalized spacial score (nSPS) is 15.6. The lowest BCUT2D eigenvalue weighted by Gasteiger charge is -2.17. The minimum atomic E-state index is -0.491. The molecule has 0 bridgehead atoms. The first kappa shape index (κ1) is 18.4. The van der Waals surface area contributed by atoms with E-state index in [2.05, 4.69) is 15.2 Å². The standard InChI is InChI=1S/C18H21N5O2.ClH/c1-2-24-14-12-23(13-8-4-3-5-9-13)21-15(14)16-20-17(22-25-16)18(19)10-6-7-11-18;/h3-5,8-9,12H,2,6-7,10-11,19H2,1H3;1H. The number of nitrogens with two attached hydrogens (primary N) is 1. The van der Waals surface area contributed by atoms with Gasteiger partial charge in [0.25, 0.3) is 5.89 Å². The van der Waals surface area contributed by atoms with E-state index in [1.165, 1.54) is 0 Å². The first-order valence-corrected chi connectivity index (χ1v) is 8.61. The topological polar surface area (TPSA) is 92.0 Å². The Morgan fingerprint density at radius 2 is 1.96 bits per heavy atom. The van der Waals surface area contributed by atoms with Crippen LogP contribution in [0, 0.1) is 0 Å². The maximum Gasteiger partial charge on any atom is 0.282 e. The number of ether oxygens (including phenoxy) is 1. The molecule has 4 rings (SSSR count). The molecule has 1 aliphatic rings. The molecule has 2 aromatic heterocycles. The number of nitrogens with zero attached hydrogens (tertiary/aromatic N) is 4. The fourth-order valence-electron chi connectivity index (χ4n) is 3.23. The number of halogens is 1. The average Bonchev–Trinajstić information content (AvgIpc) is 3.35. The van der Waals surface area contributed by atoms with Crippen molar-refractivity contribution in [1.82, 2.24) is 19.9 Å². The zero-order chi connectivity index (χ0) is 17.3. The Kier molecular flexibility index (Phi) is 5.29. The first-order valence-electron chi connectivity index (χ1n) is 8.61. The molecule has 138 valence electrons. The first-order chi connectivity index (χ1) is 12.2. The second-order valence-corrected chi connectivity index (χ2v) is 6.34. The Morgan fingerprint density at radius 3 is 2.65 bits per heavy atom. The lowest BCUT2D eigenvalue weighted by Crippen LogP contribution is -2.34. The number of para-hydroxylation sites is 1. The van der Waals surface area contributed by atoms with Crippen molar-refractivity contribution in [3.8, 4) is 23.0 Å². The van der Waals surface area contributed by atoms with Gasteiger partial charge in [0.2, 0.25) is 0 Å². The molecule has 0 saturated heterocycles. The van der Waals surface area contributed by atoms with E-state index in [0.717, 1.165) is 31.4 Å². The predicted octanol–water partition coefficient (Wildman–Crippen LogP) is 3.47. The van der Waals surface area contributed by atoms with Crippen LogP contribution in [0.4, 0.5) is 0 Å². The van der Waals surface area contributed by atoms with Crippen LogP contribution in [0.3, 0.4) is 0 Å². The molecular weight excluding hydrogens is 354 g/mol. The number of hydrogen-bond acceptors (Lipinski definition) is 6. The van der Waals surface area contributed by atoms with Gasteiger partial charge in [-0.2, -0.15) is 10.1 Å². The lowest BCUT2D eigenvalue weighted by molar-refractivity contribution is 0.338. The Balaban J connectivity index is 0.00000196. The molecule has 7 nitrogen and oxygen atoms in total. The summed E-state index contributed by atoms with van der Waals surface area (Å²) in [6.45, 7) is 2.45. The summed E-state index contributed by atoms with van der Waals surface area (Å²) in [5, 5.41) is 8.70. The largest absolute Gasteiger partial charge is 0.490 e. The van der Waals surface area contributed by atoms with Crippen LogP contribution in [-0.2, 0) is 5.54 Å². The van der Waals surface area contributed by atoms with Gasteiger partial charge in [-0.3, -0.25) is 0 Å². The number of rotatable bonds is 5. The molecule has 0 unspecified atom stereocenters. The van der Waals surface area contributed by atoms with Gasteiger partial charge in [0.15, 0.2) is 17.3 Å². The van der Waals surface area contributed by atoms with Gasteiger partial charge in [-0.15, -0.1) is 12.4 Å². The highest BCUT2D eigenvalue weighted by Gasteiger charge is 2.36. The van der Waals surface area contributed by atoms with E-state index in [1.54, 1.807) is 4.68 Å². The minimum absolute atomic E-state index is 0. The van der Waals surface area contributed by atoms with Crippen molar-refractivity contribution < 1.29 is 9.26 Å². The summed E-state index contributed by atoms with van der Waals surface area (Å²) < 4.78 is 12.9. The average molecular weight is 376 g/mol. The van der Waals surface area contributed by atoms with E-state index in [-0.39, 0.29) is 12.4 Å². The zero-order valence-electron chi connectivity index (χ0n) is 14.6. The number of aromatic nitrogens is 4. The molecule has 8 heteroatoms. The number of benzene rings is 1. The van der Waals surface area contributed by atoms with Gasteiger partial charge in [0, 0.05) is 0 Å². The smallest absolute Gasteiger partial charge is 0.282 e. The molecule has 3 aromatic rings. The van der Waals surface area contributed by atoms with Gasteiger partial charge >= 0.3 is 0 Å². The Bertz CT molecular complexity index is 856. The van der Waals surface area contributed by atoms with Crippen LogP contribution < -0.4 is 10.5 Å². The highest BCUT2D eigenvalue weighted by molar-refractivity contribution is 5.85. The second-order valence-electron chi connectivity index (χ2n) is 6.34. The van der Waals surface area contributed by atoms with Gasteiger partial charge in [0.1, 0.15) is 0 Å². The molecule has 0 atom stereocenters. The van der Waals surface area contributed by atoms with Gasteiger partial charge in [-0.1, -0.05) is 36.2 Å². The van der Waals surface area contributed by atoms with Crippen molar-refractivity contribution in [1.29, 1.82) is 0 Å². The van der Waals surface area contributed by atoms with Gasteiger partial charge in [-0.25, -0.2) is 4.68 Å². The summed E-state index contributed by atoms with van der Waals surface area (Å²) in [5.41, 5.74) is 7.40. The van der Waals surface area contributed by atoms with Crippen LogP contribution >= 0.6 is 12.4 Å². The lowest BCUT2D eigenvalue weighted by atomic mass is 9.99. The summed E-state index contributed by atoms with van der Waals surface area (Å²) >= 11 is 0. The van der Waals surface area contributed by atoms with Crippen LogP contribution in [0.2, 0.25) is 0 Å². The van der Waals surface area contributed by atoms with Crippen molar-refractivity contribution in [2.45, 2.75) is 38.1 Å². The Hall–Kier alpha value is -2.38. The van der Waals surface area contributed by atoms with Crippen LogP contribution in [-0.4, -0.2) is 26.5 Å². The van der Waals surface area contributed by atoms with Crippen LogP contribution in [0.5, 0.6) is 5.75 Å². The molecular formula is C18H22ClN5O2. The van der Waals surface area contributed by atoms with Crippen molar-refractivity contribution in [2.75, 3.05) is 6.61 Å². The molecule has 0 radical (unpaired) electrons. The van der Waals surface area contributed by atoms with E-state index < -0.39 is 5.54 Å². The van der Waals surface area contributed by atoms with Crippen LogP contribution in [0.1, 0.15) is 38.4 Å². The highest BCUT2D eigenvalue weighted by atomic mass is 35.5. The molecule has 1 aromatic carbocycles. The van der Waals surface area contributed by atoms with E-state index in [4.69, 9.17) is 15.0 Å². The highest BCUT2D eigenvalue weighted by Crippen LogP contribution is 2.36. The second kappa shape index (κ2) is 7.47. The van der Waals surface area contributed by atoms with E-state index in [9.17, 15) is 0 Å². The monoisotopic (exact) mass is 375 g/mol. The molecule has 0 spiro atoms. The minimum Gasteiger partial charge on any atom is -0.490 e. The summed E-state index contributed by atoms with van der Waals surface area (Å²) in [7, 11) is 0. The summed E-state index contributed by atoms with van der Waals surface area (Å²) in [5.74, 6) is 1.50. The molecule has 2 N–H and O–H groups in total. The van der Waals surface area contributed by atoms with Crippen molar-refractivity contribution >= 4 is 12.4 Å². The number of hydrogen-bond donors (Lipinski definition) is 1. The van der Waals surface area contributed by atoms with Gasteiger partial charge in [-0.05, 0) is 31.9 Å². The van der Waals surface area contributed by atoms with Crippen molar-refractivity contribution in [2.24, 2.45) is 5.73 Å². The van der Waals surface area contributed by atoms with Crippen LogP contribution in [0.25, 0.3) is 17.3 Å². The Labute approximate surface area is 157 Å². The van der Waals surface area contributed by atoms with E-state index >= 15 is 0 Å². The molecule has 1 fully saturated rings. The van der Waals surface area contributed by atoms with Crippen molar-refractivity contribution in [3.05, 3.63) is 42.4 Å². The molecule has 0 amide bonds. The summed E-state index contributed by atoms with van der Waals surface area (Å²) in [4.78, 5) is 4.53. The van der Waals surface area contributed by atoms with Crippen molar-refractivity contribution in [3.63, 3.8) is 0 Å². The maximum atomic E-state index is 6.42. The molecule has 0 aliphatic heterocycles. The maximum absolute atomic E-state index is 6.42. The fraction of sp³-hybridized carbons (Fsp3) is 0.389. The fourth-order valence-corrected chi connectivity index (χ4v) is 3.23. The SMILES string of the molecule is CCOc1cn(-c2ccccc2)nc1-c1nc(C2(N)CCCC2)no1.Cl. The quantitative estimate of drug-likeness (QED) is 0.734. The summed E-state index contributed by atoms with van der Waals surface area (Å²) in [6.07, 6.45) is 5.76. The Morgan fingerprint density at radius 1 is 1.23 bits per heavy atom. The predicted molar refractivity (Wildman–Crippen MR) is 99.6 cm³/mol. The molecule has 2 heterocycles. The van der Waals surface area contributed by atoms with E-state index in [0.29, 0.717) is 29.8 Å². The molecule has 1 aliphatic carbocycles. The third kappa shape index (κ3) is 3.32. The molecule has 26 heavy (non-hydrogen) atoms. The molecule has 1 saturated carbocycles. The summed E-state index contributed by atoms with van der Waals surface area (Å²) in [6, 6.07) is 9.82. The zero-order valence-corrected chi connectivity index (χ0v) is 15.4. The third-order valence-corrected chi connectivity index (χ3v) is 4.57. The van der Waals surface area contributed by atoms with Gasteiger partial charge in [0.05, 0.1) is 24.0 Å². The third-order valence-electron chi connectivity index (χ3n) is 4.57. The van der Waals surface area contributed by atoms with E-state index in [1.807, 2.05) is 43.5 Å². The van der Waals surface area contributed by atoms with Crippen LogP contribution in [0.15, 0.2) is 41.1 Å².